The van der Waals surface area contributed by atoms with Crippen molar-refractivity contribution in [1.29, 1.82) is 0 Å². The predicted molar refractivity (Wildman–Crippen MR) is 66.8 cm³/mol. The van der Waals surface area contributed by atoms with Crippen LogP contribution in [0.2, 0.25) is 0 Å². The average Bonchev–Trinajstić information content (AvgIpc) is 2.91. The van der Waals surface area contributed by atoms with Gasteiger partial charge >= 0.3 is 5.82 Å². The van der Waals surface area contributed by atoms with E-state index in [1.165, 1.54) is 6.20 Å². The quantitative estimate of drug-likeness (QED) is 0.667. The number of pyridine rings is 1. The highest BCUT2D eigenvalue weighted by molar-refractivity contribution is 5.39. The number of rotatable bonds is 3. The number of hydrogen-bond acceptors (Lipinski definition) is 5. The van der Waals surface area contributed by atoms with Gasteiger partial charge in [0.2, 0.25) is 5.75 Å². The molecule has 1 spiro atoms. The molecule has 2 fully saturated rings. The zero-order chi connectivity index (χ0) is 13.5. The fraction of sp³-hybridized carbons (Fsp3) is 0.615. The van der Waals surface area contributed by atoms with E-state index in [1.807, 2.05) is 0 Å². The van der Waals surface area contributed by atoms with Gasteiger partial charge in [-0.05, 0) is 34.9 Å². The lowest BCUT2D eigenvalue weighted by Crippen LogP contribution is -2.58. The Balaban J connectivity index is 1.81. The van der Waals surface area contributed by atoms with Gasteiger partial charge in [0.1, 0.15) is 12.3 Å². The minimum Gasteiger partial charge on any atom is -0.482 e. The molecule has 0 bridgehead atoms. The Hall–Kier alpha value is -1.69. The highest BCUT2D eigenvalue weighted by atomic mass is 16.6. The minimum atomic E-state index is -0.536. The largest absolute Gasteiger partial charge is 0.482 e. The van der Waals surface area contributed by atoms with Crippen LogP contribution in [-0.2, 0) is 0 Å². The maximum absolute atomic E-state index is 10.9. The van der Waals surface area contributed by atoms with E-state index in [1.54, 1.807) is 12.1 Å². The van der Waals surface area contributed by atoms with E-state index in [0.717, 1.165) is 25.7 Å². The number of nitro groups is 1. The van der Waals surface area contributed by atoms with Gasteiger partial charge in [-0.15, -0.1) is 0 Å². The SMILES string of the molecule is O=[N+]([O-])c1ncccc1OC1CC(O)C12CCCC2. The van der Waals surface area contributed by atoms with Crippen LogP contribution in [0, 0.1) is 15.5 Å². The van der Waals surface area contributed by atoms with Crippen molar-refractivity contribution in [1.82, 2.24) is 4.98 Å². The fourth-order valence-corrected chi connectivity index (χ4v) is 3.34. The fourth-order valence-electron chi connectivity index (χ4n) is 3.34. The number of hydrogen-bond donors (Lipinski definition) is 1. The van der Waals surface area contributed by atoms with Crippen LogP contribution in [0.5, 0.6) is 5.75 Å². The predicted octanol–water partition coefficient (Wildman–Crippen LogP) is 2.06. The van der Waals surface area contributed by atoms with Crippen LogP contribution in [0.15, 0.2) is 18.3 Å². The van der Waals surface area contributed by atoms with E-state index >= 15 is 0 Å². The van der Waals surface area contributed by atoms with Crippen molar-refractivity contribution in [2.45, 2.75) is 44.3 Å². The molecule has 1 aromatic heterocycles. The van der Waals surface area contributed by atoms with Crippen LogP contribution < -0.4 is 4.74 Å². The zero-order valence-corrected chi connectivity index (χ0v) is 10.5. The van der Waals surface area contributed by atoms with Crippen molar-refractivity contribution >= 4 is 5.82 Å². The lowest BCUT2D eigenvalue weighted by Gasteiger charge is -2.50. The maximum atomic E-state index is 10.9. The Morgan fingerprint density at radius 1 is 1.47 bits per heavy atom. The van der Waals surface area contributed by atoms with Crippen LogP contribution >= 0.6 is 0 Å². The summed E-state index contributed by atoms with van der Waals surface area (Å²) in [7, 11) is 0. The average molecular weight is 264 g/mol. The van der Waals surface area contributed by atoms with E-state index in [0.29, 0.717) is 6.42 Å². The smallest absolute Gasteiger partial charge is 0.406 e. The highest BCUT2D eigenvalue weighted by Crippen LogP contribution is 2.54. The summed E-state index contributed by atoms with van der Waals surface area (Å²) < 4.78 is 5.79. The molecule has 0 aliphatic heterocycles. The lowest BCUT2D eigenvalue weighted by molar-refractivity contribution is -0.391. The molecule has 2 aliphatic carbocycles. The van der Waals surface area contributed by atoms with Gasteiger partial charge in [-0.1, -0.05) is 12.8 Å². The summed E-state index contributed by atoms with van der Waals surface area (Å²) >= 11 is 0. The van der Waals surface area contributed by atoms with Gasteiger partial charge in [-0.2, -0.15) is 0 Å². The van der Waals surface area contributed by atoms with Crippen LogP contribution in [0.4, 0.5) is 5.82 Å². The third-order valence-electron chi connectivity index (χ3n) is 4.47. The number of aliphatic hydroxyl groups excluding tert-OH is 1. The normalized spacial score (nSPS) is 28.1. The molecule has 2 saturated carbocycles. The molecule has 1 heterocycles. The summed E-state index contributed by atoms with van der Waals surface area (Å²) in [6.45, 7) is 0. The van der Waals surface area contributed by atoms with Gasteiger partial charge in [0.05, 0.1) is 6.10 Å². The van der Waals surface area contributed by atoms with E-state index < -0.39 is 4.92 Å². The first-order valence-corrected chi connectivity index (χ1v) is 6.57. The van der Waals surface area contributed by atoms with Gasteiger partial charge < -0.3 is 20.0 Å². The van der Waals surface area contributed by atoms with E-state index in [4.69, 9.17) is 4.74 Å². The first kappa shape index (κ1) is 12.3. The summed E-state index contributed by atoms with van der Waals surface area (Å²) in [4.78, 5) is 14.1. The van der Waals surface area contributed by atoms with Crippen LogP contribution in [0.1, 0.15) is 32.1 Å². The molecule has 0 amide bonds. The Bertz CT molecular complexity index is 499. The molecule has 3 rings (SSSR count). The molecule has 2 atom stereocenters. The van der Waals surface area contributed by atoms with Crippen molar-refractivity contribution in [2.24, 2.45) is 5.41 Å². The molecule has 1 N–H and O–H groups in total. The molecular formula is C13H16N2O4. The molecule has 19 heavy (non-hydrogen) atoms. The molecule has 0 aromatic carbocycles. The minimum absolute atomic E-state index is 0.132. The van der Waals surface area contributed by atoms with Crippen molar-refractivity contribution in [3.8, 4) is 5.75 Å². The lowest BCUT2D eigenvalue weighted by atomic mass is 9.62. The zero-order valence-electron chi connectivity index (χ0n) is 10.5. The van der Waals surface area contributed by atoms with Gasteiger partial charge in [0, 0.05) is 11.8 Å². The molecule has 0 saturated heterocycles. The summed E-state index contributed by atoms with van der Waals surface area (Å²) in [5, 5.41) is 20.9. The Kier molecular flexibility index (Phi) is 2.89. The monoisotopic (exact) mass is 264 g/mol. The summed E-state index contributed by atoms with van der Waals surface area (Å²) in [6.07, 6.45) is 5.51. The van der Waals surface area contributed by atoms with Gasteiger partial charge in [-0.25, -0.2) is 0 Å². The highest BCUT2D eigenvalue weighted by Gasteiger charge is 2.57. The van der Waals surface area contributed by atoms with E-state index in [2.05, 4.69) is 4.98 Å². The van der Waals surface area contributed by atoms with Crippen molar-refractivity contribution < 1.29 is 14.8 Å². The van der Waals surface area contributed by atoms with Crippen LogP contribution in [0.3, 0.4) is 0 Å². The number of aliphatic hydroxyl groups is 1. The van der Waals surface area contributed by atoms with Crippen molar-refractivity contribution in [3.63, 3.8) is 0 Å². The molecular weight excluding hydrogens is 248 g/mol. The summed E-state index contributed by atoms with van der Waals surface area (Å²) in [5.74, 6) is -0.0484. The Morgan fingerprint density at radius 3 is 2.84 bits per heavy atom. The Morgan fingerprint density at radius 2 is 2.21 bits per heavy atom. The molecule has 1 aromatic rings. The number of ether oxygens (including phenoxy) is 1. The molecule has 102 valence electrons. The van der Waals surface area contributed by atoms with Gasteiger partial charge in [-0.3, -0.25) is 0 Å². The first-order chi connectivity index (χ1) is 9.13. The van der Waals surface area contributed by atoms with Crippen molar-refractivity contribution in [2.75, 3.05) is 0 Å². The van der Waals surface area contributed by atoms with Gasteiger partial charge in [0.25, 0.3) is 0 Å². The van der Waals surface area contributed by atoms with Crippen LogP contribution in [0.25, 0.3) is 0 Å². The van der Waals surface area contributed by atoms with E-state index in [9.17, 15) is 15.2 Å². The Labute approximate surface area is 110 Å². The molecule has 0 radical (unpaired) electrons. The second-order valence-electron chi connectivity index (χ2n) is 5.38. The van der Waals surface area contributed by atoms with Crippen molar-refractivity contribution in [3.05, 3.63) is 28.4 Å². The van der Waals surface area contributed by atoms with Crippen LogP contribution in [-0.4, -0.2) is 27.2 Å². The second-order valence-corrected chi connectivity index (χ2v) is 5.38. The molecule has 2 aliphatic rings. The first-order valence-electron chi connectivity index (χ1n) is 6.57. The van der Waals surface area contributed by atoms with E-state index in [-0.39, 0.29) is 29.2 Å². The second kappa shape index (κ2) is 4.45. The third kappa shape index (κ3) is 1.87. The maximum Gasteiger partial charge on any atom is 0.406 e. The summed E-state index contributed by atoms with van der Waals surface area (Å²) in [5.41, 5.74) is -0.191. The standard InChI is InChI=1S/C13H16N2O4/c16-10-8-11(13(10)5-1-2-6-13)19-9-4-3-7-14-12(9)15(17)18/h3-4,7,10-11,16H,1-2,5-6,8H2. The molecule has 2 unspecified atom stereocenters. The molecule has 6 nitrogen and oxygen atoms in total. The topological polar surface area (TPSA) is 85.5 Å². The van der Waals surface area contributed by atoms with Gasteiger partial charge in [0.15, 0.2) is 0 Å². The summed E-state index contributed by atoms with van der Waals surface area (Å²) in [6, 6.07) is 3.19. The number of aromatic nitrogens is 1. The number of nitrogens with zero attached hydrogens (tertiary/aromatic N) is 2. The third-order valence-corrected chi connectivity index (χ3v) is 4.47. The molecule has 6 heteroatoms.